The molecular weight excluding hydrogens is 264 g/mol. The van der Waals surface area contributed by atoms with Crippen LogP contribution in [0.3, 0.4) is 0 Å². The van der Waals surface area contributed by atoms with Crippen LogP contribution in [-0.4, -0.2) is 32.5 Å². The highest BCUT2D eigenvalue weighted by atomic mass is 32.2. The van der Waals surface area contributed by atoms with Crippen molar-refractivity contribution in [2.75, 3.05) is 12.9 Å². The van der Waals surface area contributed by atoms with Gasteiger partial charge in [0.15, 0.2) is 9.84 Å². The number of aliphatic hydroxyl groups excluding tert-OH is 1. The zero-order valence-electron chi connectivity index (χ0n) is 11.1. The van der Waals surface area contributed by atoms with E-state index in [0.29, 0.717) is 12.2 Å². The molecule has 0 amide bonds. The summed E-state index contributed by atoms with van der Waals surface area (Å²) in [6.07, 6.45) is 2.87. The van der Waals surface area contributed by atoms with E-state index in [0.717, 1.165) is 19.3 Å². The molecule has 0 aromatic heterocycles. The Kier molecular flexibility index (Phi) is 4.47. The number of hydrogen-bond donors (Lipinski definition) is 1. The van der Waals surface area contributed by atoms with Crippen LogP contribution in [0.2, 0.25) is 0 Å². The molecule has 0 spiro atoms. The molecular formula is C14H20O4S. The van der Waals surface area contributed by atoms with Gasteiger partial charge in [-0.25, -0.2) is 8.42 Å². The van der Waals surface area contributed by atoms with Gasteiger partial charge in [-0.05, 0) is 37.3 Å². The molecule has 0 saturated heterocycles. The molecule has 2 atom stereocenters. The smallest absolute Gasteiger partial charge is 0.182 e. The van der Waals surface area contributed by atoms with Crippen LogP contribution in [0.5, 0.6) is 5.75 Å². The molecule has 2 unspecified atom stereocenters. The van der Waals surface area contributed by atoms with Gasteiger partial charge < -0.3 is 9.84 Å². The van der Waals surface area contributed by atoms with Crippen molar-refractivity contribution in [3.05, 3.63) is 24.3 Å². The Morgan fingerprint density at radius 1 is 1.32 bits per heavy atom. The topological polar surface area (TPSA) is 63.6 Å². The van der Waals surface area contributed by atoms with Crippen molar-refractivity contribution in [3.8, 4) is 5.75 Å². The molecule has 1 aliphatic rings. The minimum absolute atomic E-state index is 0.0646. The van der Waals surface area contributed by atoms with E-state index in [9.17, 15) is 13.5 Å². The van der Waals surface area contributed by atoms with Crippen LogP contribution in [0, 0.1) is 5.92 Å². The van der Waals surface area contributed by atoms with E-state index in [-0.39, 0.29) is 22.7 Å². The summed E-state index contributed by atoms with van der Waals surface area (Å²) in [4.78, 5) is 0.241. The third-order valence-corrected chi connectivity index (χ3v) is 5.56. The maximum Gasteiger partial charge on any atom is 0.182 e. The first-order valence-electron chi connectivity index (χ1n) is 6.58. The van der Waals surface area contributed by atoms with Crippen LogP contribution in [0.25, 0.3) is 0 Å². The van der Waals surface area contributed by atoms with Crippen molar-refractivity contribution in [1.82, 2.24) is 0 Å². The monoisotopic (exact) mass is 284 g/mol. The summed E-state index contributed by atoms with van der Waals surface area (Å²) < 4.78 is 29.7. The first kappa shape index (κ1) is 14.3. The van der Waals surface area contributed by atoms with Crippen LogP contribution >= 0.6 is 0 Å². The average Bonchev–Trinajstić information content (AvgIpc) is 2.82. The third-order valence-electron chi connectivity index (χ3n) is 3.78. The predicted octanol–water partition coefficient (Wildman–Crippen LogP) is 2.02. The Bertz CT molecular complexity index is 524. The first-order valence-corrected chi connectivity index (χ1v) is 8.23. The van der Waals surface area contributed by atoms with Crippen molar-refractivity contribution in [2.45, 2.75) is 36.7 Å². The van der Waals surface area contributed by atoms with Gasteiger partial charge in [0.05, 0.1) is 19.0 Å². The maximum absolute atomic E-state index is 12.3. The second kappa shape index (κ2) is 5.92. The first-order chi connectivity index (χ1) is 9.04. The highest BCUT2D eigenvalue weighted by Gasteiger charge is 2.28. The minimum Gasteiger partial charge on any atom is -0.495 e. The Morgan fingerprint density at radius 2 is 2.05 bits per heavy atom. The fraction of sp³-hybridized carbons (Fsp3) is 0.571. The molecule has 1 N–H and O–H groups in total. The van der Waals surface area contributed by atoms with Crippen LogP contribution < -0.4 is 4.74 Å². The van der Waals surface area contributed by atoms with Crippen molar-refractivity contribution in [3.63, 3.8) is 0 Å². The number of hydrogen-bond acceptors (Lipinski definition) is 4. The molecule has 4 nitrogen and oxygen atoms in total. The molecule has 5 heteroatoms. The molecule has 1 aromatic carbocycles. The number of para-hydroxylation sites is 1. The summed E-state index contributed by atoms with van der Waals surface area (Å²) in [5.41, 5.74) is 0. The van der Waals surface area contributed by atoms with Crippen molar-refractivity contribution in [2.24, 2.45) is 5.92 Å². The molecule has 2 rings (SSSR count). The average molecular weight is 284 g/mol. The lowest BCUT2D eigenvalue weighted by atomic mass is 10.0. The quantitative estimate of drug-likeness (QED) is 0.898. The van der Waals surface area contributed by atoms with Crippen LogP contribution in [0.1, 0.15) is 25.7 Å². The standard InChI is InChI=1S/C14H20O4S/c1-18-13-7-2-3-8-14(13)19(16,17)10-9-11-5-4-6-12(11)15/h2-3,7-8,11-12,15H,4-6,9-10H2,1H3. The Labute approximate surface area is 114 Å². The van der Waals surface area contributed by atoms with Gasteiger partial charge in [-0.1, -0.05) is 18.6 Å². The number of aliphatic hydroxyl groups is 1. The van der Waals surface area contributed by atoms with Gasteiger partial charge in [0.25, 0.3) is 0 Å². The summed E-state index contributed by atoms with van der Waals surface area (Å²) in [6, 6.07) is 6.66. The lowest BCUT2D eigenvalue weighted by molar-refractivity contribution is 0.131. The zero-order chi connectivity index (χ0) is 13.9. The van der Waals surface area contributed by atoms with Gasteiger partial charge in [0, 0.05) is 0 Å². The largest absolute Gasteiger partial charge is 0.495 e. The normalized spacial score (nSPS) is 23.5. The second-order valence-electron chi connectivity index (χ2n) is 5.02. The summed E-state index contributed by atoms with van der Waals surface area (Å²) in [5.74, 6) is 0.564. The molecule has 0 aliphatic heterocycles. The highest BCUT2D eigenvalue weighted by Crippen LogP contribution is 2.31. The molecule has 0 radical (unpaired) electrons. The highest BCUT2D eigenvalue weighted by molar-refractivity contribution is 7.91. The minimum atomic E-state index is -3.35. The zero-order valence-corrected chi connectivity index (χ0v) is 11.9. The van der Waals surface area contributed by atoms with E-state index in [2.05, 4.69) is 0 Å². The van der Waals surface area contributed by atoms with Gasteiger partial charge in [0.1, 0.15) is 10.6 Å². The van der Waals surface area contributed by atoms with Gasteiger partial charge >= 0.3 is 0 Å². The molecule has 19 heavy (non-hydrogen) atoms. The van der Waals surface area contributed by atoms with Gasteiger partial charge in [-0.3, -0.25) is 0 Å². The molecule has 0 heterocycles. The Morgan fingerprint density at radius 3 is 2.68 bits per heavy atom. The van der Waals surface area contributed by atoms with Crippen molar-refractivity contribution in [1.29, 1.82) is 0 Å². The van der Waals surface area contributed by atoms with E-state index in [1.54, 1.807) is 24.3 Å². The number of rotatable bonds is 5. The lowest BCUT2D eigenvalue weighted by Gasteiger charge is -2.15. The van der Waals surface area contributed by atoms with Crippen LogP contribution in [0.15, 0.2) is 29.2 Å². The van der Waals surface area contributed by atoms with E-state index < -0.39 is 9.84 Å². The SMILES string of the molecule is COc1ccccc1S(=O)(=O)CCC1CCCC1O. The number of sulfone groups is 1. The molecule has 0 bridgehead atoms. The van der Waals surface area contributed by atoms with Crippen LogP contribution in [-0.2, 0) is 9.84 Å². The molecule has 1 aliphatic carbocycles. The third kappa shape index (κ3) is 3.28. The fourth-order valence-electron chi connectivity index (χ4n) is 2.65. The van der Waals surface area contributed by atoms with E-state index in [1.165, 1.54) is 7.11 Å². The van der Waals surface area contributed by atoms with E-state index in [4.69, 9.17) is 4.74 Å². The number of benzene rings is 1. The number of methoxy groups -OCH3 is 1. The van der Waals surface area contributed by atoms with Gasteiger partial charge in [-0.15, -0.1) is 0 Å². The molecule has 1 fully saturated rings. The summed E-state index contributed by atoms with van der Waals surface area (Å²) in [7, 11) is -1.88. The fourth-order valence-corrected chi connectivity index (χ4v) is 4.22. The number of ether oxygens (including phenoxy) is 1. The van der Waals surface area contributed by atoms with Gasteiger partial charge in [0.2, 0.25) is 0 Å². The van der Waals surface area contributed by atoms with Gasteiger partial charge in [-0.2, -0.15) is 0 Å². The molecule has 1 aromatic rings. The predicted molar refractivity (Wildman–Crippen MR) is 73.0 cm³/mol. The van der Waals surface area contributed by atoms with Crippen LogP contribution in [0.4, 0.5) is 0 Å². The lowest BCUT2D eigenvalue weighted by Crippen LogP contribution is -2.18. The Balaban J connectivity index is 2.09. The molecule has 1 saturated carbocycles. The maximum atomic E-state index is 12.3. The summed E-state index contributed by atoms with van der Waals surface area (Å²) in [6.45, 7) is 0. The van der Waals surface area contributed by atoms with Crippen molar-refractivity contribution >= 4 is 9.84 Å². The van der Waals surface area contributed by atoms with E-state index >= 15 is 0 Å². The Hall–Kier alpha value is -1.07. The van der Waals surface area contributed by atoms with E-state index in [1.807, 2.05) is 0 Å². The summed E-state index contributed by atoms with van der Waals surface area (Å²) in [5, 5.41) is 9.74. The molecule has 106 valence electrons. The van der Waals surface area contributed by atoms with Crippen molar-refractivity contribution < 1.29 is 18.3 Å². The second-order valence-corrected chi connectivity index (χ2v) is 7.09. The summed E-state index contributed by atoms with van der Waals surface area (Å²) >= 11 is 0.